The van der Waals surface area contributed by atoms with Crippen LogP contribution in [0.5, 0.6) is 5.75 Å². The summed E-state index contributed by atoms with van der Waals surface area (Å²) in [5.74, 6) is 0.556. The lowest BCUT2D eigenvalue weighted by Crippen LogP contribution is -2.28. The molecule has 0 saturated carbocycles. The molecule has 0 aliphatic carbocycles. The Morgan fingerprint density at radius 1 is 1.30 bits per heavy atom. The van der Waals surface area contributed by atoms with Gasteiger partial charge >= 0.3 is 12.1 Å². The molecular formula is C17H21Cl2F3N2O3. The number of benzene rings is 1. The third kappa shape index (κ3) is 12.4. The maximum absolute atomic E-state index is 10.6. The molecule has 0 aliphatic rings. The number of aliphatic carboxylic acids is 1. The van der Waals surface area contributed by atoms with E-state index < -0.39 is 12.1 Å². The van der Waals surface area contributed by atoms with Crippen molar-refractivity contribution in [3.63, 3.8) is 0 Å². The first-order valence-electron chi connectivity index (χ1n) is 7.85. The van der Waals surface area contributed by atoms with Crippen LogP contribution in [0.3, 0.4) is 0 Å². The van der Waals surface area contributed by atoms with E-state index in [0.717, 1.165) is 25.9 Å². The van der Waals surface area contributed by atoms with Crippen LogP contribution in [0.15, 0.2) is 18.2 Å². The second kappa shape index (κ2) is 13.5. The molecule has 152 valence electrons. The molecule has 3 N–H and O–H groups in total. The van der Waals surface area contributed by atoms with Crippen molar-refractivity contribution < 1.29 is 27.8 Å². The van der Waals surface area contributed by atoms with Crippen molar-refractivity contribution in [2.75, 3.05) is 32.8 Å². The number of rotatable bonds is 9. The van der Waals surface area contributed by atoms with Crippen LogP contribution >= 0.6 is 23.2 Å². The van der Waals surface area contributed by atoms with Crippen LogP contribution in [0.2, 0.25) is 10.0 Å². The van der Waals surface area contributed by atoms with E-state index in [4.69, 9.17) is 50.0 Å². The molecule has 1 aromatic rings. The first-order valence-corrected chi connectivity index (χ1v) is 8.61. The second-order valence-electron chi connectivity index (χ2n) is 5.20. The molecule has 0 aliphatic heterocycles. The van der Waals surface area contributed by atoms with Gasteiger partial charge in [0.15, 0.2) is 0 Å². The Labute approximate surface area is 166 Å². The van der Waals surface area contributed by atoms with Gasteiger partial charge in [-0.1, -0.05) is 29.1 Å². The number of nitrogens with zero attached hydrogens (tertiary/aromatic N) is 1. The smallest absolute Gasteiger partial charge is 0.490 e. The molecule has 0 amide bonds. The predicted octanol–water partition coefficient (Wildman–Crippen LogP) is 3.68. The molecule has 0 atom stereocenters. The Hall–Kier alpha value is -1.66. The van der Waals surface area contributed by atoms with E-state index in [0.29, 0.717) is 35.5 Å². The van der Waals surface area contributed by atoms with Gasteiger partial charge in [-0.2, -0.15) is 13.2 Å². The number of carboxylic acid groups (broad SMARTS) is 1. The summed E-state index contributed by atoms with van der Waals surface area (Å²) in [5, 5.41) is 8.26. The molecule has 0 fully saturated rings. The Balaban J connectivity index is 0.000000821. The lowest BCUT2D eigenvalue weighted by Gasteiger charge is -2.19. The van der Waals surface area contributed by atoms with Gasteiger partial charge in [0.1, 0.15) is 5.75 Å². The summed E-state index contributed by atoms with van der Waals surface area (Å²) < 4.78 is 37.4. The van der Waals surface area contributed by atoms with Crippen molar-refractivity contribution in [3.8, 4) is 18.1 Å². The number of nitrogens with two attached hydrogens (primary N) is 1. The van der Waals surface area contributed by atoms with Crippen molar-refractivity contribution >= 4 is 29.2 Å². The van der Waals surface area contributed by atoms with Crippen LogP contribution in [0.4, 0.5) is 13.2 Å². The van der Waals surface area contributed by atoms with E-state index in [1.54, 1.807) is 18.2 Å². The summed E-state index contributed by atoms with van der Waals surface area (Å²) in [6, 6.07) is 5.21. The van der Waals surface area contributed by atoms with Crippen molar-refractivity contribution in [2.45, 2.75) is 19.0 Å². The fraction of sp³-hybridized carbons (Fsp3) is 0.471. The lowest BCUT2D eigenvalue weighted by atomic mass is 10.3. The lowest BCUT2D eigenvalue weighted by molar-refractivity contribution is -0.192. The zero-order valence-corrected chi connectivity index (χ0v) is 15.9. The highest BCUT2D eigenvalue weighted by Gasteiger charge is 2.38. The Morgan fingerprint density at radius 3 is 2.37 bits per heavy atom. The minimum Gasteiger partial charge on any atom is -0.492 e. The van der Waals surface area contributed by atoms with Crippen LogP contribution in [-0.4, -0.2) is 54.9 Å². The van der Waals surface area contributed by atoms with Gasteiger partial charge in [0.25, 0.3) is 0 Å². The largest absolute Gasteiger partial charge is 0.492 e. The monoisotopic (exact) mass is 428 g/mol. The molecule has 0 heterocycles. The van der Waals surface area contributed by atoms with E-state index in [9.17, 15) is 13.2 Å². The van der Waals surface area contributed by atoms with Gasteiger partial charge < -0.3 is 15.6 Å². The number of ether oxygens (including phenoxy) is 1. The number of halogens is 5. The fourth-order valence-electron chi connectivity index (χ4n) is 1.78. The van der Waals surface area contributed by atoms with Crippen molar-refractivity contribution in [2.24, 2.45) is 5.73 Å². The third-order valence-electron chi connectivity index (χ3n) is 3.01. The molecule has 1 rings (SSSR count). The Morgan fingerprint density at radius 2 is 1.89 bits per heavy atom. The number of alkyl halides is 3. The maximum Gasteiger partial charge on any atom is 0.490 e. The number of hydrogen-bond donors (Lipinski definition) is 2. The maximum atomic E-state index is 10.6. The molecule has 5 nitrogen and oxygen atoms in total. The average molecular weight is 429 g/mol. The first kappa shape index (κ1) is 25.3. The molecule has 10 heteroatoms. The highest BCUT2D eigenvalue weighted by Crippen LogP contribution is 2.27. The summed E-state index contributed by atoms with van der Waals surface area (Å²) >= 11 is 11.9. The van der Waals surface area contributed by atoms with Crippen LogP contribution < -0.4 is 10.5 Å². The summed E-state index contributed by atoms with van der Waals surface area (Å²) in [7, 11) is 0. The summed E-state index contributed by atoms with van der Waals surface area (Å²) in [6.07, 6.45) is 2.09. The molecule has 0 bridgehead atoms. The number of terminal acetylenes is 1. The summed E-state index contributed by atoms with van der Waals surface area (Å²) in [6.45, 7) is 3.71. The fourth-order valence-corrected chi connectivity index (χ4v) is 2.24. The second-order valence-corrected chi connectivity index (χ2v) is 6.05. The first-order chi connectivity index (χ1) is 12.6. The van der Waals surface area contributed by atoms with Gasteiger partial charge in [-0.25, -0.2) is 4.79 Å². The summed E-state index contributed by atoms with van der Waals surface area (Å²) in [4.78, 5) is 11.1. The standard InChI is InChI=1S/C15H20Cl2N2O.C2HF3O2/c1-2-8-19(9-3-7-18)10-4-11-20-15-6-5-13(16)12-14(15)17;3-2(4,5)1(6)7/h1,5-6,12H,3-4,7-11,18H2;(H,6,7). The highest BCUT2D eigenvalue weighted by atomic mass is 35.5. The van der Waals surface area contributed by atoms with Crippen LogP contribution in [0.1, 0.15) is 12.8 Å². The SMILES string of the molecule is C#CCN(CCCN)CCCOc1ccc(Cl)cc1Cl.O=C(O)C(F)(F)F. The van der Waals surface area contributed by atoms with Gasteiger partial charge in [-0.3, -0.25) is 4.90 Å². The Kier molecular flexibility index (Phi) is 12.7. The van der Waals surface area contributed by atoms with Crippen molar-refractivity contribution in [1.29, 1.82) is 0 Å². The number of hydrogen-bond acceptors (Lipinski definition) is 4. The molecule has 0 aromatic heterocycles. The van der Waals surface area contributed by atoms with E-state index in [-0.39, 0.29) is 0 Å². The topological polar surface area (TPSA) is 75.8 Å². The van der Waals surface area contributed by atoms with Gasteiger partial charge in [-0.05, 0) is 37.6 Å². The molecule has 0 unspecified atom stereocenters. The highest BCUT2D eigenvalue weighted by molar-refractivity contribution is 6.35. The van der Waals surface area contributed by atoms with Crippen LogP contribution in [0.25, 0.3) is 0 Å². The summed E-state index contributed by atoms with van der Waals surface area (Å²) in [5.41, 5.74) is 5.50. The van der Waals surface area contributed by atoms with E-state index in [2.05, 4.69) is 10.8 Å². The van der Waals surface area contributed by atoms with Crippen molar-refractivity contribution in [1.82, 2.24) is 4.90 Å². The molecule has 0 radical (unpaired) electrons. The Bertz CT molecular complexity index is 622. The van der Waals surface area contributed by atoms with Crippen LogP contribution in [-0.2, 0) is 4.79 Å². The molecule has 27 heavy (non-hydrogen) atoms. The number of carbonyl (C=O) groups is 1. The molecular weight excluding hydrogens is 408 g/mol. The predicted molar refractivity (Wildman–Crippen MR) is 99.2 cm³/mol. The molecule has 0 spiro atoms. The quantitative estimate of drug-likeness (QED) is 0.463. The van der Waals surface area contributed by atoms with Crippen molar-refractivity contribution in [3.05, 3.63) is 28.2 Å². The zero-order valence-electron chi connectivity index (χ0n) is 14.4. The third-order valence-corrected chi connectivity index (χ3v) is 3.54. The van der Waals surface area contributed by atoms with E-state index >= 15 is 0 Å². The number of carboxylic acids is 1. The van der Waals surface area contributed by atoms with Gasteiger partial charge in [0.2, 0.25) is 0 Å². The van der Waals surface area contributed by atoms with Gasteiger partial charge in [0.05, 0.1) is 18.2 Å². The molecule has 1 aromatic carbocycles. The van der Waals surface area contributed by atoms with Gasteiger partial charge in [-0.15, -0.1) is 6.42 Å². The zero-order chi connectivity index (χ0) is 20.9. The van der Waals surface area contributed by atoms with Crippen LogP contribution in [0, 0.1) is 12.3 Å². The molecule has 0 saturated heterocycles. The minimum atomic E-state index is -5.08. The van der Waals surface area contributed by atoms with E-state index in [1.807, 2.05) is 0 Å². The van der Waals surface area contributed by atoms with Gasteiger partial charge in [0, 0.05) is 18.1 Å². The average Bonchev–Trinajstić information content (AvgIpc) is 2.57. The van der Waals surface area contributed by atoms with E-state index in [1.165, 1.54) is 0 Å². The normalized spacial score (nSPS) is 10.7. The minimum absolute atomic E-state index is 0.529.